The van der Waals surface area contributed by atoms with Gasteiger partial charge in [-0.2, -0.15) is 0 Å². The zero-order valence-electron chi connectivity index (χ0n) is 9.25. The molecule has 0 unspecified atom stereocenters. The molecule has 76 valence electrons. The summed E-state index contributed by atoms with van der Waals surface area (Å²) in [5.41, 5.74) is 4.65. The minimum absolute atomic E-state index is 1.04. The van der Waals surface area contributed by atoms with E-state index in [1.54, 1.807) is 0 Å². The van der Waals surface area contributed by atoms with Crippen molar-refractivity contribution in [2.45, 2.75) is 13.8 Å². The third-order valence-corrected chi connectivity index (χ3v) is 2.75. The van der Waals surface area contributed by atoms with Gasteiger partial charge in [0, 0.05) is 22.3 Å². The quantitative estimate of drug-likeness (QED) is 0.683. The first-order valence-electron chi connectivity index (χ1n) is 5.05. The van der Waals surface area contributed by atoms with Crippen LogP contribution in [0.4, 0.5) is 0 Å². The van der Waals surface area contributed by atoms with E-state index in [1.807, 2.05) is 19.1 Å². The summed E-state index contributed by atoms with van der Waals surface area (Å²) in [5, 5.41) is 1.24. The van der Waals surface area contributed by atoms with E-state index in [0.29, 0.717) is 0 Å². The molecular formula is C14H15N. The molecule has 0 fully saturated rings. The van der Waals surface area contributed by atoms with E-state index in [-0.39, 0.29) is 0 Å². The lowest BCUT2D eigenvalue weighted by Crippen LogP contribution is -1.94. The lowest BCUT2D eigenvalue weighted by molar-refractivity contribution is 1.07. The van der Waals surface area contributed by atoms with Crippen LogP contribution < -0.4 is 0 Å². The highest BCUT2D eigenvalue weighted by molar-refractivity contribution is 5.93. The summed E-state index contributed by atoms with van der Waals surface area (Å²) in [5.74, 6) is 0. The first kappa shape index (κ1) is 9.78. The number of allylic oxidation sites excluding steroid dienone is 1. The fourth-order valence-electron chi connectivity index (χ4n) is 2.14. The lowest BCUT2D eigenvalue weighted by Gasteiger charge is -2.06. The van der Waals surface area contributed by atoms with E-state index in [0.717, 1.165) is 5.70 Å². The Hall–Kier alpha value is -1.76. The molecule has 0 aliphatic rings. The summed E-state index contributed by atoms with van der Waals surface area (Å²) in [6.07, 6.45) is 1.91. The van der Waals surface area contributed by atoms with Crippen LogP contribution >= 0.6 is 0 Å². The van der Waals surface area contributed by atoms with Gasteiger partial charge in [0.05, 0.1) is 5.52 Å². The van der Waals surface area contributed by atoms with E-state index >= 15 is 0 Å². The summed E-state index contributed by atoms with van der Waals surface area (Å²) >= 11 is 0. The second-order valence-corrected chi connectivity index (χ2v) is 3.79. The Balaban J connectivity index is 2.97. The molecule has 0 aliphatic heterocycles. The average Bonchev–Trinajstić information content (AvgIpc) is 2.49. The van der Waals surface area contributed by atoms with Gasteiger partial charge in [0.1, 0.15) is 0 Å². The Morgan fingerprint density at radius 3 is 2.60 bits per heavy atom. The van der Waals surface area contributed by atoms with Gasteiger partial charge in [0.25, 0.3) is 0 Å². The Bertz CT molecular complexity index is 544. The lowest BCUT2D eigenvalue weighted by atomic mass is 10.1. The van der Waals surface area contributed by atoms with Gasteiger partial charge in [0.2, 0.25) is 0 Å². The topological polar surface area (TPSA) is 4.93 Å². The van der Waals surface area contributed by atoms with E-state index in [9.17, 15) is 0 Å². The smallest absolute Gasteiger partial charge is 0.0533 e. The van der Waals surface area contributed by atoms with Crippen LogP contribution in [0, 0.1) is 6.92 Å². The normalized spacial score (nSPS) is 10.5. The maximum Gasteiger partial charge on any atom is 0.0533 e. The molecule has 0 atom stereocenters. The Labute approximate surface area is 90.3 Å². The highest BCUT2D eigenvalue weighted by Crippen LogP contribution is 2.28. The average molecular weight is 197 g/mol. The van der Waals surface area contributed by atoms with Gasteiger partial charge in [0.15, 0.2) is 0 Å². The molecule has 0 bridgehead atoms. The van der Waals surface area contributed by atoms with Crippen LogP contribution in [0.25, 0.3) is 22.7 Å². The van der Waals surface area contributed by atoms with E-state index in [1.165, 1.54) is 22.2 Å². The highest BCUT2D eigenvalue weighted by atomic mass is 15.0. The third-order valence-electron chi connectivity index (χ3n) is 2.75. The van der Waals surface area contributed by atoms with Crippen molar-refractivity contribution in [2.24, 2.45) is 0 Å². The van der Waals surface area contributed by atoms with Crippen molar-refractivity contribution in [1.82, 2.24) is 4.57 Å². The molecule has 1 nitrogen and oxygen atoms in total. The fourth-order valence-corrected chi connectivity index (χ4v) is 2.14. The standard InChI is InChI=1S/C14H15N/c1-5-12-11(4)15(10(2)3)14-9-7-6-8-13(12)14/h5-9H,1-2H2,3-4H3. The summed E-state index contributed by atoms with van der Waals surface area (Å²) in [6, 6.07) is 8.34. The van der Waals surface area contributed by atoms with Crippen molar-refractivity contribution in [3.05, 3.63) is 48.7 Å². The SMILES string of the molecule is C=Cc1c(C)n(C(=C)C)c2ccccc12. The first-order chi connectivity index (χ1) is 7.16. The summed E-state index contributed by atoms with van der Waals surface area (Å²) in [7, 11) is 0. The number of hydrogen-bond donors (Lipinski definition) is 0. The zero-order valence-corrected chi connectivity index (χ0v) is 9.25. The van der Waals surface area contributed by atoms with Gasteiger partial charge in [-0.25, -0.2) is 0 Å². The van der Waals surface area contributed by atoms with Crippen LogP contribution in [0.5, 0.6) is 0 Å². The predicted octanol–water partition coefficient (Wildman–Crippen LogP) is 4.08. The van der Waals surface area contributed by atoms with Crippen LogP contribution in [-0.4, -0.2) is 4.57 Å². The Morgan fingerprint density at radius 1 is 1.33 bits per heavy atom. The highest BCUT2D eigenvalue weighted by Gasteiger charge is 2.10. The number of para-hydroxylation sites is 1. The minimum atomic E-state index is 1.04. The molecule has 15 heavy (non-hydrogen) atoms. The van der Waals surface area contributed by atoms with Crippen LogP contribution in [0.2, 0.25) is 0 Å². The van der Waals surface area contributed by atoms with Gasteiger partial charge in [-0.3, -0.25) is 0 Å². The zero-order chi connectivity index (χ0) is 11.0. The van der Waals surface area contributed by atoms with Crippen LogP contribution in [-0.2, 0) is 0 Å². The number of fused-ring (bicyclic) bond motifs is 1. The van der Waals surface area contributed by atoms with E-state index < -0.39 is 0 Å². The molecular weight excluding hydrogens is 182 g/mol. The number of rotatable bonds is 2. The van der Waals surface area contributed by atoms with Crippen molar-refractivity contribution < 1.29 is 0 Å². The molecule has 0 spiro atoms. The largest absolute Gasteiger partial charge is 0.318 e. The molecule has 1 heterocycles. The Morgan fingerprint density at radius 2 is 2.00 bits per heavy atom. The molecule has 0 aliphatic carbocycles. The van der Waals surface area contributed by atoms with Crippen LogP contribution in [0.15, 0.2) is 37.4 Å². The maximum atomic E-state index is 4.01. The monoisotopic (exact) mass is 197 g/mol. The molecule has 0 saturated carbocycles. The van der Waals surface area contributed by atoms with Crippen molar-refractivity contribution in [3.8, 4) is 0 Å². The van der Waals surface area contributed by atoms with Crippen LogP contribution in [0.3, 0.4) is 0 Å². The van der Waals surface area contributed by atoms with Gasteiger partial charge >= 0.3 is 0 Å². The van der Waals surface area contributed by atoms with E-state index in [2.05, 4.69) is 42.8 Å². The molecule has 0 saturated heterocycles. The number of hydrogen-bond acceptors (Lipinski definition) is 0. The molecule has 2 aromatic rings. The van der Waals surface area contributed by atoms with Gasteiger partial charge in [-0.15, -0.1) is 0 Å². The summed E-state index contributed by atoms with van der Waals surface area (Å²) < 4.78 is 2.17. The molecule has 1 heteroatoms. The molecule has 0 N–H and O–H groups in total. The molecule has 1 aromatic heterocycles. The number of aromatic nitrogens is 1. The molecule has 0 amide bonds. The van der Waals surface area contributed by atoms with Crippen molar-refractivity contribution in [1.29, 1.82) is 0 Å². The van der Waals surface area contributed by atoms with Crippen LogP contribution in [0.1, 0.15) is 18.2 Å². The van der Waals surface area contributed by atoms with Crippen molar-refractivity contribution in [3.63, 3.8) is 0 Å². The maximum absolute atomic E-state index is 4.01. The first-order valence-corrected chi connectivity index (χ1v) is 5.05. The number of nitrogens with zero attached hydrogens (tertiary/aromatic N) is 1. The second kappa shape index (κ2) is 3.43. The van der Waals surface area contributed by atoms with Gasteiger partial charge in [-0.1, -0.05) is 37.4 Å². The third kappa shape index (κ3) is 1.32. The molecule has 2 rings (SSSR count). The second-order valence-electron chi connectivity index (χ2n) is 3.79. The summed E-state index contributed by atoms with van der Waals surface area (Å²) in [6.45, 7) is 12.0. The molecule has 0 radical (unpaired) electrons. The minimum Gasteiger partial charge on any atom is -0.318 e. The van der Waals surface area contributed by atoms with Crippen molar-refractivity contribution >= 4 is 22.7 Å². The number of benzene rings is 1. The Kier molecular flexibility index (Phi) is 2.24. The van der Waals surface area contributed by atoms with Gasteiger partial charge in [-0.05, 0) is 19.9 Å². The molecule has 1 aromatic carbocycles. The van der Waals surface area contributed by atoms with Gasteiger partial charge < -0.3 is 4.57 Å². The fraction of sp³-hybridized carbons (Fsp3) is 0.143. The summed E-state index contributed by atoms with van der Waals surface area (Å²) in [4.78, 5) is 0. The van der Waals surface area contributed by atoms with Crippen molar-refractivity contribution in [2.75, 3.05) is 0 Å². The predicted molar refractivity (Wildman–Crippen MR) is 67.8 cm³/mol. The van der Waals surface area contributed by atoms with E-state index in [4.69, 9.17) is 0 Å².